The second kappa shape index (κ2) is 3.54. The zero-order chi connectivity index (χ0) is 8.39. The van der Waals surface area contributed by atoms with Crippen LogP contribution in [0.25, 0.3) is 0 Å². The number of hydrogen-bond acceptors (Lipinski definition) is 3. The fourth-order valence-corrected chi connectivity index (χ4v) is 2.78. The van der Waals surface area contributed by atoms with Crippen molar-refractivity contribution in [2.75, 3.05) is 6.61 Å². The summed E-state index contributed by atoms with van der Waals surface area (Å²) in [7, 11) is 0. The van der Waals surface area contributed by atoms with Crippen LogP contribution in [-0.2, 0) is 19.3 Å². The molecular formula is C9H13NOS. The number of rotatable bonds is 3. The van der Waals surface area contributed by atoms with Gasteiger partial charge in [-0.25, -0.2) is 4.98 Å². The van der Waals surface area contributed by atoms with E-state index in [0.29, 0.717) is 0 Å². The molecule has 0 bridgehead atoms. The minimum atomic E-state index is 0.282. The van der Waals surface area contributed by atoms with Crippen LogP contribution >= 0.6 is 11.3 Å². The normalized spacial score (nSPS) is 15.1. The number of aliphatic hydroxyl groups is 1. The van der Waals surface area contributed by atoms with Gasteiger partial charge in [0.25, 0.3) is 0 Å². The summed E-state index contributed by atoms with van der Waals surface area (Å²) in [6.07, 6.45) is 5.49. The lowest BCUT2D eigenvalue weighted by Gasteiger charge is -1.91. The number of aliphatic hydroxyl groups excluding tert-OH is 1. The molecule has 0 aliphatic heterocycles. The van der Waals surface area contributed by atoms with Gasteiger partial charge in [0, 0.05) is 17.9 Å². The highest BCUT2D eigenvalue weighted by molar-refractivity contribution is 7.11. The van der Waals surface area contributed by atoms with E-state index in [9.17, 15) is 0 Å². The van der Waals surface area contributed by atoms with Crippen molar-refractivity contribution in [3.63, 3.8) is 0 Å². The number of aryl methyl sites for hydroxylation is 3. The molecule has 0 aromatic carbocycles. The molecule has 0 fully saturated rings. The summed E-state index contributed by atoms with van der Waals surface area (Å²) in [4.78, 5) is 6.02. The van der Waals surface area contributed by atoms with Crippen molar-refractivity contribution in [1.29, 1.82) is 0 Å². The number of nitrogens with zero attached hydrogens (tertiary/aromatic N) is 1. The molecule has 2 rings (SSSR count). The fraction of sp³-hybridized carbons (Fsp3) is 0.667. The Balaban J connectivity index is 2.05. The standard InChI is InChI=1S/C9H13NOS/c11-6-2-5-9-10-7-3-1-4-8(7)12-9/h11H,1-6H2. The fourth-order valence-electron chi connectivity index (χ4n) is 1.58. The van der Waals surface area contributed by atoms with Crippen LogP contribution in [0.5, 0.6) is 0 Å². The first-order chi connectivity index (χ1) is 5.90. The van der Waals surface area contributed by atoms with Gasteiger partial charge in [-0.1, -0.05) is 0 Å². The van der Waals surface area contributed by atoms with E-state index in [1.807, 2.05) is 11.3 Å². The van der Waals surface area contributed by atoms with Crippen LogP contribution in [0.15, 0.2) is 0 Å². The molecule has 1 N–H and O–H groups in total. The quantitative estimate of drug-likeness (QED) is 0.771. The molecule has 12 heavy (non-hydrogen) atoms. The Hall–Kier alpha value is -0.410. The largest absolute Gasteiger partial charge is 0.396 e. The molecule has 3 heteroatoms. The van der Waals surface area contributed by atoms with Crippen molar-refractivity contribution < 1.29 is 5.11 Å². The Bertz CT molecular complexity index is 248. The summed E-state index contributed by atoms with van der Waals surface area (Å²) >= 11 is 1.84. The van der Waals surface area contributed by atoms with Crippen LogP contribution in [0.2, 0.25) is 0 Å². The van der Waals surface area contributed by atoms with Gasteiger partial charge < -0.3 is 5.11 Å². The molecule has 0 unspecified atom stereocenters. The topological polar surface area (TPSA) is 33.1 Å². The highest BCUT2D eigenvalue weighted by Gasteiger charge is 2.15. The molecule has 0 atom stereocenters. The van der Waals surface area contributed by atoms with Gasteiger partial charge in [-0.2, -0.15) is 0 Å². The average Bonchev–Trinajstić information content (AvgIpc) is 2.58. The third kappa shape index (κ3) is 1.52. The maximum Gasteiger partial charge on any atom is 0.0931 e. The summed E-state index contributed by atoms with van der Waals surface area (Å²) in [6, 6.07) is 0. The molecule has 1 aromatic rings. The molecule has 0 saturated carbocycles. The van der Waals surface area contributed by atoms with Gasteiger partial charge in [-0.3, -0.25) is 0 Å². The summed E-state index contributed by atoms with van der Waals surface area (Å²) < 4.78 is 0. The van der Waals surface area contributed by atoms with Crippen LogP contribution in [0.4, 0.5) is 0 Å². The molecule has 1 aromatic heterocycles. The van der Waals surface area contributed by atoms with Crippen LogP contribution in [-0.4, -0.2) is 16.7 Å². The second-order valence-electron chi connectivity index (χ2n) is 3.16. The smallest absolute Gasteiger partial charge is 0.0931 e. The maximum atomic E-state index is 8.65. The van der Waals surface area contributed by atoms with Crippen molar-refractivity contribution in [3.8, 4) is 0 Å². The Labute approximate surface area is 76.3 Å². The molecule has 66 valence electrons. The van der Waals surface area contributed by atoms with Gasteiger partial charge in [0.05, 0.1) is 10.7 Å². The summed E-state index contributed by atoms with van der Waals surface area (Å²) in [6.45, 7) is 0.282. The highest BCUT2D eigenvalue weighted by atomic mass is 32.1. The minimum absolute atomic E-state index is 0.282. The summed E-state index contributed by atoms with van der Waals surface area (Å²) in [5, 5.41) is 9.87. The van der Waals surface area contributed by atoms with E-state index in [1.54, 1.807) is 0 Å². The zero-order valence-electron chi connectivity index (χ0n) is 7.05. The number of hydrogen-bond donors (Lipinski definition) is 1. The van der Waals surface area contributed by atoms with Gasteiger partial charge >= 0.3 is 0 Å². The maximum absolute atomic E-state index is 8.65. The molecule has 0 radical (unpaired) electrons. The van der Waals surface area contributed by atoms with Gasteiger partial charge in [0.1, 0.15) is 0 Å². The summed E-state index contributed by atoms with van der Waals surface area (Å²) in [5.74, 6) is 0. The molecule has 1 aliphatic rings. The Morgan fingerprint density at radius 1 is 1.42 bits per heavy atom. The van der Waals surface area contributed by atoms with E-state index in [2.05, 4.69) is 4.98 Å². The van der Waals surface area contributed by atoms with Crippen molar-refractivity contribution >= 4 is 11.3 Å². The molecule has 2 nitrogen and oxygen atoms in total. The zero-order valence-corrected chi connectivity index (χ0v) is 7.86. The van der Waals surface area contributed by atoms with Crippen LogP contribution < -0.4 is 0 Å². The molecule has 1 aliphatic carbocycles. The lowest BCUT2D eigenvalue weighted by atomic mass is 10.3. The monoisotopic (exact) mass is 183 g/mol. The molecule has 0 amide bonds. The van der Waals surface area contributed by atoms with E-state index < -0.39 is 0 Å². The Kier molecular flexibility index (Phi) is 2.42. The minimum Gasteiger partial charge on any atom is -0.396 e. The second-order valence-corrected chi connectivity index (χ2v) is 4.33. The predicted molar refractivity (Wildman–Crippen MR) is 49.5 cm³/mol. The van der Waals surface area contributed by atoms with Crippen molar-refractivity contribution in [1.82, 2.24) is 4.98 Å². The van der Waals surface area contributed by atoms with Gasteiger partial charge in [-0.05, 0) is 25.7 Å². The van der Waals surface area contributed by atoms with Crippen LogP contribution in [0, 0.1) is 0 Å². The van der Waals surface area contributed by atoms with Crippen molar-refractivity contribution in [3.05, 3.63) is 15.6 Å². The van der Waals surface area contributed by atoms with Crippen molar-refractivity contribution in [2.24, 2.45) is 0 Å². The Morgan fingerprint density at radius 3 is 3.08 bits per heavy atom. The molecular weight excluding hydrogens is 170 g/mol. The summed E-state index contributed by atoms with van der Waals surface area (Å²) in [5.41, 5.74) is 1.33. The first-order valence-electron chi connectivity index (χ1n) is 4.48. The van der Waals surface area contributed by atoms with Gasteiger partial charge in [0.15, 0.2) is 0 Å². The van der Waals surface area contributed by atoms with E-state index in [4.69, 9.17) is 5.11 Å². The van der Waals surface area contributed by atoms with E-state index in [1.165, 1.54) is 34.8 Å². The van der Waals surface area contributed by atoms with Gasteiger partial charge in [-0.15, -0.1) is 11.3 Å². The number of thiazole rings is 1. The van der Waals surface area contributed by atoms with E-state index in [-0.39, 0.29) is 6.61 Å². The highest BCUT2D eigenvalue weighted by Crippen LogP contribution is 2.27. The van der Waals surface area contributed by atoms with Crippen molar-refractivity contribution in [2.45, 2.75) is 32.1 Å². The molecule has 1 heterocycles. The molecule has 0 spiro atoms. The molecule has 0 saturated heterocycles. The van der Waals surface area contributed by atoms with Crippen LogP contribution in [0.1, 0.15) is 28.4 Å². The van der Waals surface area contributed by atoms with Gasteiger partial charge in [0.2, 0.25) is 0 Å². The first-order valence-corrected chi connectivity index (χ1v) is 5.30. The lowest BCUT2D eigenvalue weighted by Crippen LogP contribution is -1.89. The van der Waals surface area contributed by atoms with E-state index in [0.717, 1.165) is 12.8 Å². The Morgan fingerprint density at radius 2 is 2.33 bits per heavy atom. The average molecular weight is 183 g/mol. The number of fused-ring (bicyclic) bond motifs is 1. The van der Waals surface area contributed by atoms with Crippen LogP contribution in [0.3, 0.4) is 0 Å². The SMILES string of the molecule is OCCCc1nc2c(s1)CCC2. The third-order valence-electron chi connectivity index (χ3n) is 2.19. The first kappa shape index (κ1) is 8.20. The third-order valence-corrected chi connectivity index (χ3v) is 3.41. The lowest BCUT2D eigenvalue weighted by molar-refractivity contribution is 0.288. The predicted octanol–water partition coefficient (Wildman–Crippen LogP) is 1.56. The number of aromatic nitrogens is 1. The van der Waals surface area contributed by atoms with E-state index >= 15 is 0 Å².